The molecule has 2 heterocycles. The summed E-state index contributed by atoms with van der Waals surface area (Å²) in [5.74, 6) is -0.0727. The van der Waals surface area contributed by atoms with Gasteiger partial charge in [0.05, 0.1) is 12.5 Å². The lowest BCUT2D eigenvalue weighted by molar-refractivity contribution is -0.143. The lowest BCUT2D eigenvalue weighted by Crippen LogP contribution is -2.50. The molecule has 2 saturated heterocycles. The van der Waals surface area contributed by atoms with Gasteiger partial charge in [-0.05, 0) is 50.3 Å². The first-order valence-corrected chi connectivity index (χ1v) is 10.6. The first kappa shape index (κ1) is 21.3. The second kappa shape index (κ2) is 9.87. The van der Waals surface area contributed by atoms with E-state index in [2.05, 4.69) is 5.32 Å². The van der Waals surface area contributed by atoms with Gasteiger partial charge in [0, 0.05) is 44.2 Å². The summed E-state index contributed by atoms with van der Waals surface area (Å²) >= 11 is 0. The maximum atomic E-state index is 13.1. The van der Waals surface area contributed by atoms with E-state index >= 15 is 0 Å². The molecule has 0 aliphatic carbocycles. The number of carbonyl (C=O) groups is 3. The number of aliphatic hydroxyl groups excluding tert-OH is 1. The van der Waals surface area contributed by atoms with Crippen LogP contribution in [0, 0.1) is 5.92 Å². The van der Waals surface area contributed by atoms with E-state index in [1.807, 2.05) is 11.8 Å². The predicted octanol–water partition coefficient (Wildman–Crippen LogP) is 1.55. The van der Waals surface area contributed by atoms with Crippen LogP contribution in [0.15, 0.2) is 24.3 Å². The van der Waals surface area contributed by atoms with Gasteiger partial charge in [-0.25, -0.2) is 0 Å². The molecule has 2 aliphatic heterocycles. The summed E-state index contributed by atoms with van der Waals surface area (Å²) in [5, 5.41) is 12.2. The highest BCUT2D eigenvalue weighted by Crippen LogP contribution is 2.22. The molecule has 2 atom stereocenters. The SMILES string of the molecule is CCN1CC(C(=O)N2CCCC[C@H](NC(=O)c3ccc(CO)cc3)C2)CCC1=O. The number of likely N-dealkylation sites (tertiary alicyclic amines) is 2. The fourth-order valence-electron chi connectivity index (χ4n) is 4.17. The molecule has 0 spiro atoms. The highest BCUT2D eigenvalue weighted by molar-refractivity contribution is 5.94. The van der Waals surface area contributed by atoms with Crippen molar-refractivity contribution in [3.05, 3.63) is 35.4 Å². The van der Waals surface area contributed by atoms with Gasteiger partial charge in [-0.3, -0.25) is 14.4 Å². The van der Waals surface area contributed by atoms with E-state index in [0.717, 1.165) is 24.8 Å². The van der Waals surface area contributed by atoms with Crippen molar-refractivity contribution in [2.24, 2.45) is 5.92 Å². The molecule has 158 valence electrons. The van der Waals surface area contributed by atoms with Crippen molar-refractivity contribution < 1.29 is 19.5 Å². The number of benzene rings is 1. The molecule has 7 heteroatoms. The number of amides is 3. The lowest BCUT2D eigenvalue weighted by Gasteiger charge is -2.35. The summed E-state index contributed by atoms with van der Waals surface area (Å²) in [6.07, 6.45) is 3.77. The van der Waals surface area contributed by atoms with E-state index in [-0.39, 0.29) is 36.3 Å². The minimum absolute atomic E-state index is 0.0518. The summed E-state index contributed by atoms with van der Waals surface area (Å²) in [7, 11) is 0. The summed E-state index contributed by atoms with van der Waals surface area (Å²) in [4.78, 5) is 41.2. The Hall–Kier alpha value is -2.41. The van der Waals surface area contributed by atoms with Crippen LogP contribution in [-0.2, 0) is 16.2 Å². The van der Waals surface area contributed by atoms with E-state index < -0.39 is 0 Å². The van der Waals surface area contributed by atoms with Gasteiger partial charge in [-0.2, -0.15) is 0 Å². The Morgan fingerprint density at radius 2 is 1.90 bits per heavy atom. The van der Waals surface area contributed by atoms with Crippen LogP contribution in [0.1, 0.15) is 54.9 Å². The van der Waals surface area contributed by atoms with Gasteiger partial charge in [0.1, 0.15) is 0 Å². The zero-order valence-corrected chi connectivity index (χ0v) is 17.1. The summed E-state index contributed by atoms with van der Waals surface area (Å²) in [5.41, 5.74) is 1.31. The zero-order valence-electron chi connectivity index (χ0n) is 17.1. The van der Waals surface area contributed by atoms with Crippen LogP contribution >= 0.6 is 0 Å². The van der Waals surface area contributed by atoms with Crippen molar-refractivity contribution >= 4 is 17.7 Å². The number of piperidine rings is 1. The molecule has 1 aromatic rings. The van der Waals surface area contributed by atoms with Crippen LogP contribution in [-0.4, -0.2) is 64.8 Å². The molecule has 0 aromatic heterocycles. The number of rotatable bonds is 5. The quantitative estimate of drug-likeness (QED) is 0.783. The number of aliphatic hydroxyl groups is 1. The molecular weight excluding hydrogens is 370 g/mol. The summed E-state index contributed by atoms with van der Waals surface area (Å²) < 4.78 is 0. The van der Waals surface area contributed by atoms with Crippen molar-refractivity contribution in [2.75, 3.05) is 26.2 Å². The zero-order chi connectivity index (χ0) is 20.8. The third-order valence-electron chi connectivity index (χ3n) is 5.95. The number of carbonyl (C=O) groups excluding carboxylic acids is 3. The number of hydrogen-bond acceptors (Lipinski definition) is 4. The van der Waals surface area contributed by atoms with E-state index in [4.69, 9.17) is 5.11 Å². The Bertz CT molecular complexity index is 734. The smallest absolute Gasteiger partial charge is 0.251 e. The van der Waals surface area contributed by atoms with Crippen LogP contribution in [0.3, 0.4) is 0 Å². The van der Waals surface area contributed by atoms with E-state index in [0.29, 0.717) is 44.6 Å². The Morgan fingerprint density at radius 3 is 2.59 bits per heavy atom. The first-order valence-electron chi connectivity index (χ1n) is 10.6. The highest BCUT2D eigenvalue weighted by Gasteiger charge is 2.33. The van der Waals surface area contributed by atoms with Gasteiger partial charge in [-0.15, -0.1) is 0 Å². The molecule has 0 saturated carbocycles. The first-order chi connectivity index (χ1) is 14.0. The van der Waals surface area contributed by atoms with E-state index in [9.17, 15) is 14.4 Å². The average Bonchev–Trinajstić information content (AvgIpc) is 2.99. The third-order valence-corrected chi connectivity index (χ3v) is 5.95. The van der Waals surface area contributed by atoms with Crippen molar-refractivity contribution in [1.82, 2.24) is 15.1 Å². The standard InChI is InChI=1S/C22H31N3O4/c1-2-24-13-18(10-11-20(24)27)22(29)25-12-4-3-5-19(14-25)23-21(28)17-8-6-16(15-26)7-9-17/h6-9,18-19,26H,2-5,10-15H2,1H3,(H,23,28)/t18?,19-/m0/s1. The normalized spacial score (nSPS) is 22.9. The Kier molecular flexibility index (Phi) is 7.25. The predicted molar refractivity (Wildman–Crippen MR) is 109 cm³/mol. The van der Waals surface area contributed by atoms with Gasteiger partial charge < -0.3 is 20.2 Å². The molecule has 0 bridgehead atoms. The molecule has 2 aliphatic rings. The molecule has 29 heavy (non-hydrogen) atoms. The molecule has 2 N–H and O–H groups in total. The fraction of sp³-hybridized carbons (Fsp3) is 0.591. The Labute approximate surface area is 172 Å². The van der Waals surface area contributed by atoms with Gasteiger partial charge >= 0.3 is 0 Å². The van der Waals surface area contributed by atoms with Crippen molar-refractivity contribution in [2.45, 2.75) is 51.7 Å². The summed E-state index contributed by atoms with van der Waals surface area (Å²) in [6, 6.07) is 6.81. The maximum absolute atomic E-state index is 13.1. The van der Waals surface area contributed by atoms with Crippen LogP contribution in [0.2, 0.25) is 0 Å². The Balaban J connectivity index is 1.60. The topological polar surface area (TPSA) is 90.0 Å². The Morgan fingerprint density at radius 1 is 1.14 bits per heavy atom. The van der Waals surface area contributed by atoms with Gasteiger partial charge in [-0.1, -0.05) is 12.1 Å². The second-order valence-corrected chi connectivity index (χ2v) is 7.97. The van der Waals surface area contributed by atoms with Gasteiger partial charge in [0.15, 0.2) is 0 Å². The maximum Gasteiger partial charge on any atom is 0.251 e. The molecular formula is C22H31N3O4. The van der Waals surface area contributed by atoms with Crippen LogP contribution in [0.5, 0.6) is 0 Å². The van der Waals surface area contributed by atoms with Gasteiger partial charge in [0.2, 0.25) is 11.8 Å². The molecule has 7 nitrogen and oxygen atoms in total. The van der Waals surface area contributed by atoms with Crippen molar-refractivity contribution in [1.29, 1.82) is 0 Å². The monoisotopic (exact) mass is 401 g/mol. The number of hydrogen-bond donors (Lipinski definition) is 2. The fourth-order valence-corrected chi connectivity index (χ4v) is 4.17. The summed E-state index contributed by atoms with van der Waals surface area (Å²) in [6.45, 7) is 4.23. The van der Waals surface area contributed by atoms with Crippen molar-refractivity contribution in [3.8, 4) is 0 Å². The van der Waals surface area contributed by atoms with E-state index in [1.165, 1.54) is 0 Å². The number of nitrogens with one attached hydrogen (secondary N) is 1. The van der Waals surface area contributed by atoms with Crippen LogP contribution in [0.25, 0.3) is 0 Å². The molecule has 0 radical (unpaired) electrons. The highest BCUT2D eigenvalue weighted by atomic mass is 16.3. The molecule has 1 unspecified atom stereocenters. The number of nitrogens with zero attached hydrogens (tertiary/aromatic N) is 2. The minimum atomic E-state index is -0.158. The van der Waals surface area contributed by atoms with E-state index in [1.54, 1.807) is 29.2 Å². The largest absolute Gasteiger partial charge is 0.392 e. The van der Waals surface area contributed by atoms with Crippen molar-refractivity contribution in [3.63, 3.8) is 0 Å². The molecule has 1 aromatic carbocycles. The molecule has 3 amide bonds. The molecule has 2 fully saturated rings. The minimum Gasteiger partial charge on any atom is -0.392 e. The average molecular weight is 402 g/mol. The van der Waals surface area contributed by atoms with Crippen LogP contribution in [0.4, 0.5) is 0 Å². The van der Waals surface area contributed by atoms with Gasteiger partial charge in [0.25, 0.3) is 5.91 Å². The second-order valence-electron chi connectivity index (χ2n) is 7.97. The van der Waals surface area contributed by atoms with Crippen LogP contribution < -0.4 is 5.32 Å². The lowest BCUT2D eigenvalue weighted by atomic mass is 9.95. The molecule has 3 rings (SSSR count). The third kappa shape index (κ3) is 5.35.